The zero-order chi connectivity index (χ0) is 10.6. The highest BCUT2D eigenvalue weighted by Crippen LogP contribution is 2.24. The van der Waals surface area contributed by atoms with Crippen LogP contribution in [0.4, 0.5) is 0 Å². The van der Waals surface area contributed by atoms with Gasteiger partial charge in [0, 0.05) is 24.6 Å². The van der Waals surface area contributed by atoms with E-state index >= 15 is 0 Å². The van der Waals surface area contributed by atoms with Crippen molar-refractivity contribution in [3.8, 4) is 0 Å². The van der Waals surface area contributed by atoms with Gasteiger partial charge in [0.1, 0.15) is 0 Å². The summed E-state index contributed by atoms with van der Waals surface area (Å²) in [6.45, 7) is 3.98. The van der Waals surface area contributed by atoms with Crippen LogP contribution in [0.15, 0.2) is 11.6 Å². The number of carbonyl (C=O) groups excluding carboxylic acids is 1. The monoisotopic (exact) mass is 197 g/mol. The molecule has 0 aromatic rings. The van der Waals surface area contributed by atoms with Gasteiger partial charge in [0.15, 0.2) is 0 Å². The van der Waals surface area contributed by atoms with Gasteiger partial charge in [-0.05, 0) is 26.7 Å². The van der Waals surface area contributed by atoms with Gasteiger partial charge < -0.3 is 10.4 Å². The summed E-state index contributed by atoms with van der Waals surface area (Å²) in [7, 11) is 0. The molecule has 1 aliphatic carbocycles. The number of aliphatic hydroxyl groups is 1. The summed E-state index contributed by atoms with van der Waals surface area (Å²) < 4.78 is 0. The third kappa shape index (κ3) is 3.14. The van der Waals surface area contributed by atoms with E-state index in [1.165, 1.54) is 0 Å². The summed E-state index contributed by atoms with van der Waals surface area (Å²) in [5.41, 5.74) is 1.00. The molecule has 0 aromatic carbocycles. The second kappa shape index (κ2) is 5.15. The molecule has 0 radical (unpaired) electrons. The largest absolute Gasteiger partial charge is 0.396 e. The maximum Gasteiger partial charge on any atom is 0.244 e. The molecule has 0 aromatic heterocycles. The lowest BCUT2D eigenvalue weighted by molar-refractivity contribution is -0.117. The average Bonchev–Trinajstić information content (AvgIpc) is 2.50. The van der Waals surface area contributed by atoms with E-state index in [1.807, 2.05) is 13.8 Å². The van der Waals surface area contributed by atoms with Gasteiger partial charge in [0.05, 0.1) is 0 Å². The quantitative estimate of drug-likeness (QED) is 0.668. The molecular formula is C11H19NO2. The zero-order valence-electron chi connectivity index (χ0n) is 8.92. The Kier molecular flexibility index (Phi) is 4.14. The number of carbonyl (C=O) groups is 1. The lowest BCUT2D eigenvalue weighted by Gasteiger charge is -2.17. The summed E-state index contributed by atoms with van der Waals surface area (Å²) in [6, 6.07) is 0.170. The number of aliphatic hydroxyl groups excluding tert-OH is 1. The molecular weight excluding hydrogens is 178 g/mol. The van der Waals surface area contributed by atoms with Crippen LogP contribution in [0.25, 0.3) is 0 Å². The predicted molar refractivity (Wildman–Crippen MR) is 55.8 cm³/mol. The van der Waals surface area contributed by atoms with E-state index in [0.717, 1.165) is 24.8 Å². The third-order valence-corrected chi connectivity index (χ3v) is 2.64. The molecule has 3 heteroatoms. The fourth-order valence-electron chi connectivity index (χ4n) is 1.93. The van der Waals surface area contributed by atoms with Crippen LogP contribution in [-0.2, 0) is 4.79 Å². The molecule has 0 unspecified atom stereocenters. The van der Waals surface area contributed by atoms with Gasteiger partial charge in [-0.15, -0.1) is 0 Å². The van der Waals surface area contributed by atoms with E-state index in [2.05, 4.69) is 5.32 Å². The molecule has 14 heavy (non-hydrogen) atoms. The molecule has 1 aliphatic rings. The normalized spacial score (nSPS) is 25.9. The first-order chi connectivity index (χ1) is 6.63. The first kappa shape index (κ1) is 11.2. The van der Waals surface area contributed by atoms with Gasteiger partial charge in [-0.2, -0.15) is 0 Å². The Bertz CT molecular complexity index is 231. The van der Waals surface area contributed by atoms with Crippen LogP contribution >= 0.6 is 0 Å². The van der Waals surface area contributed by atoms with Crippen molar-refractivity contribution in [2.24, 2.45) is 5.92 Å². The predicted octanol–water partition coefficient (Wildman–Crippen LogP) is 1.23. The Morgan fingerprint density at radius 2 is 2.21 bits per heavy atom. The second-order valence-electron chi connectivity index (χ2n) is 4.21. The molecule has 0 aliphatic heterocycles. The minimum Gasteiger partial charge on any atom is -0.396 e. The lowest BCUT2D eigenvalue weighted by atomic mass is 10.1. The van der Waals surface area contributed by atoms with Gasteiger partial charge in [0.2, 0.25) is 5.91 Å². The number of hydrogen-bond acceptors (Lipinski definition) is 2. The van der Waals surface area contributed by atoms with Crippen molar-refractivity contribution >= 4 is 5.91 Å². The van der Waals surface area contributed by atoms with E-state index in [4.69, 9.17) is 5.11 Å². The van der Waals surface area contributed by atoms with Crippen molar-refractivity contribution in [3.63, 3.8) is 0 Å². The lowest BCUT2D eigenvalue weighted by Crippen LogP contribution is -2.37. The Hall–Kier alpha value is -0.830. The molecule has 1 saturated carbocycles. The maximum atomic E-state index is 11.4. The summed E-state index contributed by atoms with van der Waals surface area (Å²) in [6.07, 6.45) is 4.72. The SMILES string of the molecule is CC(C)=CC(=O)N[C@@H]1CCC[C@@H]1CO. The van der Waals surface area contributed by atoms with Gasteiger partial charge in [-0.3, -0.25) is 4.79 Å². The first-order valence-electron chi connectivity index (χ1n) is 5.19. The highest BCUT2D eigenvalue weighted by atomic mass is 16.3. The highest BCUT2D eigenvalue weighted by molar-refractivity contribution is 5.88. The van der Waals surface area contributed by atoms with Crippen LogP contribution in [0, 0.1) is 5.92 Å². The van der Waals surface area contributed by atoms with Crippen LogP contribution in [0.1, 0.15) is 33.1 Å². The molecule has 1 rings (SSSR count). The van der Waals surface area contributed by atoms with Gasteiger partial charge in [0.25, 0.3) is 0 Å². The summed E-state index contributed by atoms with van der Waals surface area (Å²) in [5.74, 6) is 0.222. The van der Waals surface area contributed by atoms with Gasteiger partial charge in [-0.25, -0.2) is 0 Å². The molecule has 3 nitrogen and oxygen atoms in total. The number of hydrogen-bond donors (Lipinski definition) is 2. The molecule has 2 N–H and O–H groups in total. The first-order valence-corrected chi connectivity index (χ1v) is 5.19. The molecule has 1 fully saturated rings. The van der Waals surface area contributed by atoms with Gasteiger partial charge in [-0.1, -0.05) is 12.0 Å². The Balaban J connectivity index is 2.43. The topological polar surface area (TPSA) is 49.3 Å². The van der Waals surface area contributed by atoms with Crippen LogP contribution in [0.2, 0.25) is 0 Å². The molecule has 0 spiro atoms. The Morgan fingerprint density at radius 1 is 1.50 bits per heavy atom. The second-order valence-corrected chi connectivity index (χ2v) is 4.21. The van der Waals surface area contributed by atoms with Crippen LogP contribution in [-0.4, -0.2) is 23.7 Å². The standard InChI is InChI=1S/C11H19NO2/c1-8(2)6-11(14)12-10-5-3-4-9(10)7-13/h6,9-10,13H,3-5,7H2,1-2H3,(H,12,14)/t9-,10-/m1/s1. The summed E-state index contributed by atoms with van der Waals surface area (Å²) in [5, 5.41) is 12.0. The molecule has 0 saturated heterocycles. The van der Waals surface area contributed by atoms with Crippen molar-refractivity contribution in [1.82, 2.24) is 5.32 Å². The molecule has 1 amide bonds. The van der Waals surface area contributed by atoms with Crippen molar-refractivity contribution in [1.29, 1.82) is 0 Å². The fourth-order valence-corrected chi connectivity index (χ4v) is 1.93. The number of amides is 1. The van der Waals surface area contributed by atoms with E-state index in [1.54, 1.807) is 6.08 Å². The maximum absolute atomic E-state index is 11.4. The van der Waals surface area contributed by atoms with Crippen LogP contribution in [0.3, 0.4) is 0 Å². The molecule has 0 heterocycles. The number of allylic oxidation sites excluding steroid dienone is 1. The van der Waals surface area contributed by atoms with Crippen molar-refractivity contribution in [2.45, 2.75) is 39.2 Å². The van der Waals surface area contributed by atoms with E-state index in [-0.39, 0.29) is 24.5 Å². The number of nitrogens with one attached hydrogen (secondary N) is 1. The fraction of sp³-hybridized carbons (Fsp3) is 0.727. The van der Waals surface area contributed by atoms with E-state index < -0.39 is 0 Å². The van der Waals surface area contributed by atoms with Crippen molar-refractivity contribution in [2.75, 3.05) is 6.61 Å². The molecule has 80 valence electrons. The Labute approximate surface area is 85.2 Å². The molecule has 0 bridgehead atoms. The third-order valence-electron chi connectivity index (χ3n) is 2.64. The smallest absolute Gasteiger partial charge is 0.244 e. The Morgan fingerprint density at radius 3 is 2.79 bits per heavy atom. The minimum atomic E-state index is -0.0321. The van der Waals surface area contributed by atoms with Crippen LogP contribution < -0.4 is 5.32 Å². The zero-order valence-corrected chi connectivity index (χ0v) is 8.92. The van der Waals surface area contributed by atoms with E-state index in [9.17, 15) is 4.79 Å². The minimum absolute atomic E-state index is 0.0321. The van der Waals surface area contributed by atoms with E-state index in [0.29, 0.717) is 0 Å². The molecule has 2 atom stereocenters. The highest BCUT2D eigenvalue weighted by Gasteiger charge is 2.27. The van der Waals surface area contributed by atoms with Gasteiger partial charge >= 0.3 is 0 Å². The van der Waals surface area contributed by atoms with Crippen molar-refractivity contribution in [3.05, 3.63) is 11.6 Å². The number of rotatable bonds is 3. The van der Waals surface area contributed by atoms with Crippen molar-refractivity contribution < 1.29 is 9.90 Å². The average molecular weight is 197 g/mol. The summed E-state index contributed by atoms with van der Waals surface area (Å²) in [4.78, 5) is 11.4. The summed E-state index contributed by atoms with van der Waals surface area (Å²) >= 11 is 0. The van der Waals surface area contributed by atoms with Crippen LogP contribution in [0.5, 0.6) is 0 Å².